The number of thiol groups is 1. The molecule has 0 bridgehead atoms. The number of benzene rings is 1. The minimum atomic E-state index is -0.575. The molecule has 92 valence electrons. The molecular formula is C12H15NO3S. The minimum Gasteiger partial charge on any atom is -0.508 e. The molecule has 4 nitrogen and oxygen atoms in total. The van der Waals surface area contributed by atoms with E-state index in [-0.39, 0.29) is 5.75 Å². The van der Waals surface area contributed by atoms with E-state index < -0.39 is 5.25 Å². The molecule has 1 N–H and O–H groups in total. The highest BCUT2D eigenvalue weighted by Crippen LogP contribution is 2.31. The van der Waals surface area contributed by atoms with Crippen LogP contribution in [0, 0.1) is 0 Å². The van der Waals surface area contributed by atoms with Crippen molar-refractivity contribution in [3.8, 4) is 5.75 Å². The van der Waals surface area contributed by atoms with E-state index >= 15 is 0 Å². The summed E-state index contributed by atoms with van der Waals surface area (Å²) in [5.41, 5.74) is 1.49. The predicted molar refractivity (Wildman–Crippen MR) is 68.9 cm³/mol. The van der Waals surface area contributed by atoms with Crippen molar-refractivity contribution >= 4 is 24.6 Å². The maximum Gasteiger partial charge on any atom is 0.137 e. The van der Waals surface area contributed by atoms with Crippen LogP contribution < -0.4 is 4.90 Å². The Labute approximate surface area is 106 Å². The Morgan fingerprint density at radius 2 is 2.12 bits per heavy atom. The number of aromatic hydroxyl groups is 1. The van der Waals surface area contributed by atoms with Gasteiger partial charge in [-0.25, -0.2) is 0 Å². The summed E-state index contributed by atoms with van der Waals surface area (Å²) < 4.78 is 5.27. The normalized spacial score (nSPS) is 17.8. The minimum absolute atomic E-state index is 0.112. The van der Waals surface area contributed by atoms with Crippen LogP contribution in [0.3, 0.4) is 0 Å². The van der Waals surface area contributed by atoms with Crippen molar-refractivity contribution in [1.29, 1.82) is 0 Å². The molecule has 0 saturated carbocycles. The number of carbonyl (C=O) groups is 1. The van der Waals surface area contributed by atoms with E-state index in [9.17, 15) is 9.90 Å². The van der Waals surface area contributed by atoms with Gasteiger partial charge >= 0.3 is 0 Å². The Kier molecular flexibility index (Phi) is 3.91. The van der Waals surface area contributed by atoms with Crippen LogP contribution in [0.4, 0.5) is 5.69 Å². The Balaban J connectivity index is 2.20. The van der Waals surface area contributed by atoms with Crippen LogP contribution in [0.5, 0.6) is 5.75 Å². The van der Waals surface area contributed by atoms with E-state index in [0.29, 0.717) is 25.1 Å². The number of nitrogens with zero attached hydrogens (tertiary/aromatic N) is 1. The highest BCUT2D eigenvalue weighted by atomic mass is 32.1. The van der Waals surface area contributed by atoms with Gasteiger partial charge in [0.1, 0.15) is 12.0 Å². The first-order valence-corrected chi connectivity index (χ1v) is 6.03. The summed E-state index contributed by atoms with van der Waals surface area (Å²) in [7, 11) is 0. The van der Waals surface area contributed by atoms with Gasteiger partial charge in [0.05, 0.1) is 18.5 Å². The number of phenolic OH excluding ortho intramolecular Hbond substituents is 1. The van der Waals surface area contributed by atoms with Crippen LogP contribution in [0.15, 0.2) is 18.2 Å². The first kappa shape index (κ1) is 12.3. The Bertz CT molecular complexity index is 405. The summed E-state index contributed by atoms with van der Waals surface area (Å²) in [5.74, 6) is 0.112. The second-order valence-corrected chi connectivity index (χ2v) is 4.48. The Hall–Kier alpha value is -1.20. The first-order valence-electron chi connectivity index (χ1n) is 5.51. The molecule has 1 aromatic rings. The average molecular weight is 253 g/mol. The lowest BCUT2D eigenvalue weighted by atomic mass is 10.1. The summed E-state index contributed by atoms with van der Waals surface area (Å²) in [6.45, 7) is 3.03. The van der Waals surface area contributed by atoms with Crippen molar-refractivity contribution in [3.63, 3.8) is 0 Å². The maximum absolute atomic E-state index is 10.6. The summed E-state index contributed by atoms with van der Waals surface area (Å²) >= 11 is 4.09. The van der Waals surface area contributed by atoms with Crippen molar-refractivity contribution in [2.45, 2.75) is 5.25 Å². The SMILES string of the molecule is O=CC(S)c1ccc(N2CCOCC2)cc1O. The fourth-order valence-electron chi connectivity index (χ4n) is 1.87. The fourth-order valence-corrected chi connectivity index (χ4v) is 2.09. The summed E-state index contributed by atoms with van der Waals surface area (Å²) in [6, 6.07) is 5.31. The number of ether oxygens (including phenoxy) is 1. The molecule has 1 aliphatic heterocycles. The van der Waals surface area contributed by atoms with Crippen molar-refractivity contribution in [2.24, 2.45) is 0 Å². The zero-order valence-corrected chi connectivity index (χ0v) is 10.3. The second kappa shape index (κ2) is 5.42. The van der Waals surface area contributed by atoms with Gasteiger partial charge in [-0.2, -0.15) is 12.6 Å². The van der Waals surface area contributed by atoms with E-state index in [0.717, 1.165) is 18.8 Å². The van der Waals surface area contributed by atoms with Gasteiger partial charge in [-0.15, -0.1) is 0 Å². The first-order chi connectivity index (χ1) is 8.22. The number of phenols is 1. The standard InChI is InChI=1S/C12H15NO3S/c14-8-12(17)10-2-1-9(7-11(10)15)13-3-5-16-6-4-13/h1-2,7-8,12,15,17H,3-6H2. The van der Waals surface area contributed by atoms with Crippen LogP contribution in [0.1, 0.15) is 10.8 Å². The number of anilines is 1. The molecular weight excluding hydrogens is 238 g/mol. The van der Waals surface area contributed by atoms with Crippen molar-refractivity contribution in [2.75, 3.05) is 31.2 Å². The number of morpholine rings is 1. The van der Waals surface area contributed by atoms with Crippen LogP contribution in [-0.2, 0) is 9.53 Å². The molecule has 0 radical (unpaired) electrons. The van der Waals surface area contributed by atoms with Gasteiger partial charge in [-0.1, -0.05) is 6.07 Å². The molecule has 0 aromatic heterocycles. The molecule has 5 heteroatoms. The predicted octanol–water partition coefficient (Wildman–Crippen LogP) is 1.40. The lowest BCUT2D eigenvalue weighted by Crippen LogP contribution is -2.36. The third-order valence-corrected chi connectivity index (χ3v) is 3.24. The number of hydrogen-bond donors (Lipinski definition) is 2. The molecule has 1 aromatic carbocycles. The van der Waals surface area contributed by atoms with Crippen LogP contribution in [-0.4, -0.2) is 37.7 Å². The van der Waals surface area contributed by atoms with E-state index in [4.69, 9.17) is 4.74 Å². The van der Waals surface area contributed by atoms with Gasteiger partial charge in [0.2, 0.25) is 0 Å². The molecule has 1 saturated heterocycles. The number of rotatable bonds is 3. The molecule has 1 unspecified atom stereocenters. The Morgan fingerprint density at radius 3 is 2.71 bits per heavy atom. The van der Waals surface area contributed by atoms with Crippen LogP contribution >= 0.6 is 12.6 Å². The lowest BCUT2D eigenvalue weighted by Gasteiger charge is -2.29. The highest BCUT2D eigenvalue weighted by Gasteiger charge is 2.15. The van der Waals surface area contributed by atoms with E-state index in [1.165, 1.54) is 0 Å². The second-order valence-electron chi connectivity index (χ2n) is 3.92. The van der Waals surface area contributed by atoms with Crippen molar-refractivity contribution < 1.29 is 14.6 Å². The molecule has 17 heavy (non-hydrogen) atoms. The third kappa shape index (κ3) is 2.73. The summed E-state index contributed by atoms with van der Waals surface area (Å²) in [5, 5.41) is 9.28. The molecule has 0 amide bonds. The van der Waals surface area contributed by atoms with Crippen molar-refractivity contribution in [3.05, 3.63) is 23.8 Å². The van der Waals surface area contributed by atoms with Crippen LogP contribution in [0.2, 0.25) is 0 Å². The Morgan fingerprint density at radius 1 is 1.41 bits per heavy atom. The molecule has 1 atom stereocenters. The number of hydrogen-bond acceptors (Lipinski definition) is 5. The van der Waals surface area contributed by atoms with Gasteiger partial charge in [0.25, 0.3) is 0 Å². The quantitative estimate of drug-likeness (QED) is 0.631. The fraction of sp³-hybridized carbons (Fsp3) is 0.417. The van der Waals surface area contributed by atoms with E-state index in [1.54, 1.807) is 12.1 Å². The van der Waals surface area contributed by atoms with Crippen LogP contribution in [0.25, 0.3) is 0 Å². The third-order valence-electron chi connectivity index (χ3n) is 2.84. The number of aldehydes is 1. The van der Waals surface area contributed by atoms with Gasteiger partial charge < -0.3 is 19.5 Å². The summed E-state index contributed by atoms with van der Waals surface area (Å²) in [6.07, 6.45) is 0.701. The van der Waals surface area contributed by atoms with Gasteiger partial charge in [-0.3, -0.25) is 0 Å². The lowest BCUT2D eigenvalue weighted by molar-refractivity contribution is -0.107. The van der Waals surface area contributed by atoms with Gasteiger partial charge in [-0.05, 0) is 6.07 Å². The molecule has 1 heterocycles. The number of carbonyl (C=O) groups excluding carboxylic acids is 1. The van der Waals surface area contributed by atoms with Gasteiger partial charge in [0.15, 0.2) is 0 Å². The zero-order valence-electron chi connectivity index (χ0n) is 9.37. The van der Waals surface area contributed by atoms with E-state index in [2.05, 4.69) is 17.5 Å². The smallest absolute Gasteiger partial charge is 0.137 e. The molecule has 2 rings (SSSR count). The molecule has 1 aliphatic rings. The monoisotopic (exact) mass is 253 g/mol. The van der Waals surface area contributed by atoms with Crippen molar-refractivity contribution in [1.82, 2.24) is 0 Å². The largest absolute Gasteiger partial charge is 0.508 e. The molecule has 0 aliphatic carbocycles. The van der Waals surface area contributed by atoms with Gasteiger partial charge in [0, 0.05) is 30.4 Å². The zero-order chi connectivity index (χ0) is 12.3. The highest BCUT2D eigenvalue weighted by molar-refractivity contribution is 7.81. The topological polar surface area (TPSA) is 49.8 Å². The van der Waals surface area contributed by atoms with E-state index in [1.807, 2.05) is 6.07 Å². The molecule has 0 spiro atoms. The maximum atomic E-state index is 10.6. The average Bonchev–Trinajstić information content (AvgIpc) is 2.39. The molecule has 1 fully saturated rings. The summed E-state index contributed by atoms with van der Waals surface area (Å²) in [4.78, 5) is 12.8.